The molecule has 58 heavy (non-hydrogen) atoms. The summed E-state index contributed by atoms with van der Waals surface area (Å²) in [5.41, 5.74) is 1.56. The lowest BCUT2D eigenvalue weighted by molar-refractivity contribution is -0.209. The number of ether oxygens (including phenoxy) is 2. The van der Waals surface area contributed by atoms with Gasteiger partial charge in [0.25, 0.3) is 5.92 Å². The highest BCUT2D eigenvalue weighted by atomic mass is 32.2. The third-order valence-electron chi connectivity index (χ3n) is 10.7. The zero-order valence-corrected chi connectivity index (χ0v) is 32.5. The fraction of sp³-hybridized carbons (Fsp3) is 0.381. The van der Waals surface area contributed by atoms with E-state index in [9.17, 15) is 31.9 Å². The molecule has 16 heteroatoms. The summed E-state index contributed by atoms with van der Waals surface area (Å²) in [6, 6.07) is 24.0. The van der Waals surface area contributed by atoms with Gasteiger partial charge in [0.05, 0.1) is 18.6 Å². The molecule has 6 rings (SSSR count). The first-order valence-corrected chi connectivity index (χ1v) is 20.4. The Morgan fingerprint density at radius 1 is 0.845 bits per heavy atom. The second kappa shape index (κ2) is 18.8. The van der Waals surface area contributed by atoms with Crippen molar-refractivity contribution < 1.29 is 50.1 Å². The van der Waals surface area contributed by atoms with Gasteiger partial charge in [-0.1, -0.05) is 72.8 Å². The number of aliphatic hydroxyl groups excluding tert-OH is 1. The Hall–Kier alpha value is -4.87. The molecule has 1 heterocycles. The van der Waals surface area contributed by atoms with E-state index in [0.717, 1.165) is 36.9 Å². The number of alkyl carbamates (subject to hydrolysis) is 1. The number of nitrogens with one attached hydrogen (secondary N) is 2. The van der Waals surface area contributed by atoms with E-state index in [2.05, 4.69) is 10.6 Å². The molecule has 3 N–H and O–H groups in total. The summed E-state index contributed by atoms with van der Waals surface area (Å²) in [5, 5.41) is 16.3. The Balaban J connectivity index is 1.24. The second-order valence-corrected chi connectivity index (χ2v) is 16.5. The molecule has 2 amide bonds. The van der Waals surface area contributed by atoms with Crippen LogP contribution in [0.5, 0.6) is 0 Å². The number of methoxy groups -OCH3 is 1. The molecule has 0 aromatic heterocycles. The van der Waals surface area contributed by atoms with Crippen molar-refractivity contribution in [3.63, 3.8) is 0 Å². The number of halogens is 4. The molecule has 1 aliphatic heterocycles. The SMILES string of the molecule is COC(=O)N[C@H](C(=O)NC1CC(F)(F)CC1CC[C@H]1CN(C(O)OCc2ccccc2)CCN1S(=O)(=O)c1ccccc1)C(c1ccc(F)cc1)c1ccc(F)cc1. The normalized spacial score (nSPS) is 21.0. The van der Waals surface area contributed by atoms with Gasteiger partial charge >= 0.3 is 6.09 Å². The number of benzene rings is 4. The first-order valence-electron chi connectivity index (χ1n) is 18.9. The number of sulfonamides is 1. The standard InChI is InChI=1S/C42H46F4N4O7S/c1-56-40(52)48-38(37(29-12-17-32(43)18-13-29)30-14-19-33(44)20-15-30)39(51)47-36-25-42(45,46)24-31(36)16-21-34-26-49(41(53)57-27-28-8-4-2-5-9-28)22-23-50(34)58(54,55)35-10-6-3-7-11-35/h2-15,17-20,31,34,36-38,41,53H,16,21-27H2,1H3,(H,47,51)(H,48,52)/t31?,34-,36?,38-,41?/m0/s1. The quantitative estimate of drug-likeness (QED) is 0.0982. The summed E-state index contributed by atoms with van der Waals surface area (Å²) >= 11 is 0. The molecule has 5 atom stereocenters. The Morgan fingerprint density at radius 2 is 1.43 bits per heavy atom. The van der Waals surface area contributed by atoms with Gasteiger partial charge in [-0.15, -0.1) is 0 Å². The molecule has 1 saturated carbocycles. The first-order chi connectivity index (χ1) is 27.7. The maximum atomic E-state index is 15.3. The topological polar surface area (TPSA) is 138 Å². The van der Waals surface area contributed by atoms with E-state index >= 15 is 8.78 Å². The zero-order chi connectivity index (χ0) is 41.5. The smallest absolute Gasteiger partial charge is 0.407 e. The first kappa shape index (κ1) is 42.7. The van der Waals surface area contributed by atoms with Crippen LogP contribution in [0, 0.1) is 17.6 Å². The van der Waals surface area contributed by atoms with Crippen LogP contribution in [0.2, 0.25) is 0 Å². The van der Waals surface area contributed by atoms with E-state index in [-0.39, 0.29) is 44.0 Å². The van der Waals surface area contributed by atoms with Gasteiger partial charge in [0.15, 0.2) is 0 Å². The number of hydrogen-bond donors (Lipinski definition) is 3. The third-order valence-corrected chi connectivity index (χ3v) is 12.7. The molecule has 310 valence electrons. The lowest BCUT2D eigenvalue weighted by atomic mass is 9.84. The highest BCUT2D eigenvalue weighted by molar-refractivity contribution is 7.89. The molecule has 11 nitrogen and oxygen atoms in total. The summed E-state index contributed by atoms with van der Waals surface area (Å²) in [7, 11) is -2.95. The van der Waals surface area contributed by atoms with Crippen LogP contribution in [0.4, 0.5) is 22.4 Å². The van der Waals surface area contributed by atoms with Gasteiger partial charge in [-0.25, -0.2) is 30.8 Å². The van der Waals surface area contributed by atoms with Gasteiger partial charge in [0.1, 0.15) is 17.7 Å². The summed E-state index contributed by atoms with van der Waals surface area (Å²) in [5.74, 6) is -7.01. The number of amides is 2. The fourth-order valence-corrected chi connectivity index (χ4v) is 9.50. The second-order valence-electron chi connectivity index (χ2n) is 14.6. The van der Waals surface area contributed by atoms with Crippen LogP contribution >= 0.6 is 0 Å². The van der Waals surface area contributed by atoms with Crippen molar-refractivity contribution in [3.8, 4) is 0 Å². The molecule has 1 aliphatic carbocycles. The van der Waals surface area contributed by atoms with Crippen molar-refractivity contribution >= 4 is 22.0 Å². The van der Waals surface area contributed by atoms with Crippen molar-refractivity contribution in [1.82, 2.24) is 19.8 Å². The molecule has 0 radical (unpaired) electrons. The molecule has 3 unspecified atom stereocenters. The van der Waals surface area contributed by atoms with Crippen LogP contribution in [0.25, 0.3) is 0 Å². The number of aliphatic hydroxyl groups is 1. The van der Waals surface area contributed by atoms with Gasteiger partial charge in [-0.05, 0) is 71.8 Å². The van der Waals surface area contributed by atoms with Crippen LogP contribution in [-0.4, -0.2) is 91.9 Å². The van der Waals surface area contributed by atoms with Gasteiger partial charge in [0.2, 0.25) is 22.3 Å². The Kier molecular flexibility index (Phi) is 13.9. The van der Waals surface area contributed by atoms with Crippen molar-refractivity contribution in [2.24, 2.45) is 5.92 Å². The molecular weight excluding hydrogens is 781 g/mol. The van der Waals surface area contributed by atoms with Crippen molar-refractivity contribution in [2.75, 3.05) is 26.7 Å². The molecule has 4 aromatic rings. The van der Waals surface area contributed by atoms with Crippen LogP contribution in [-0.2, 0) is 30.9 Å². The van der Waals surface area contributed by atoms with Crippen LogP contribution < -0.4 is 10.6 Å². The third kappa shape index (κ3) is 10.6. The summed E-state index contributed by atoms with van der Waals surface area (Å²) in [6.07, 6.45) is -3.54. The summed E-state index contributed by atoms with van der Waals surface area (Å²) in [6.45, 7) is 0.257. The highest BCUT2D eigenvalue weighted by Crippen LogP contribution is 2.42. The van der Waals surface area contributed by atoms with E-state index in [0.29, 0.717) is 11.1 Å². The number of carbonyl (C=O) groups excluding carboxylic acids is 2. The van der Waals surface area contributed by atoms with Crippen LogP contribution in [0.15, 0.2) is 114 Å². The highest BCUT2D eigenvalue weighted by Gasteiger charge is 2.48. The lowest BCUT2D eigenvalue weighted by Gasteiger charge is -2.42. The van der Waals surface area contributed by atoms with E-state index in [4.69, 9.17) is 9.47 Å². The maximum Gasteiger partial charge on any atom is 0.407 e. The number of hydrogen-bond acceptors (Lipinski definition) is 8. The van der Waals surface area contributed by atoms with Crippen molar-refractivity contribution in [2.45, 2.75) is 73.6 Å². The minimum atomic E-state index is -4.04. The zero-order valence-electron chi connectivity index (χ0n) is 31.7. The Labute approximate surface area is 335 Å². The average molecular weight is 827 g/mol. The monoisotopic (exact) mass is 826 g/mol. The number of rotatable bonds is 15. The maximum absolute atomic E-state index is 15.3. The average Bonchev–Trinajstić information content (AvgIpc) is 3.52. The minimum Gasteiger partial charge on any atom is -0.453 e. The molecular formula is C42H46F4N4O7S. The molecule has 2 aliphatic rings. The fourth-order valence-electron chi connectivity index (χ4n) is 7.85. The number of piperazine rings is 1. The summed E-state index contributed by atoms with van der Waals surface area (Å²) in [4.78, 5) is 28.6. The molecule has 0 bridgehead atoms. The predicted octanol–water partition coefficient (Wildman–Crippen LogP) is 6.00. The predicted molar refractivity (Wildman–Crippen MR) is 206 cm³/mol. The van der Waals surface area contributed by atoms with Crippen molar-refractivity contribution in [1.29, 1.82) is 0 Å². The largest absolute Gasteiger partial charge is 0.453 e. The van der Waals surface area contributed by atoms with E-state index in [1.54, 1.807) is 23.1 Å². The Morgan fingerprint density at radius 3 is 2.02 bits per heavy atom. The van der Waals surface area contributed by atoms with Crippen molar-refractivity contribution in [3.05, 3.63) is 138 Å². The number of nitrogens with zero attached hydrogens (tertiary/aromatic N) is 2. The van der Waals surface area contributed by atoms with E-state index in [1.165, 1.54) is 40.7 Å². The van der Waals surface area contributed by atoms with Gasteiger partial charge in [0, 0.05) is 50.5 Å². The number of carbonyl (C=O) groups is 2. The number of alkyl halides is 2. The Bertz CT molecular complexity index is 2040. The summed E-state index contributed by atoms with van der Waals surface area (Å²) < 4.78 is 98.4. The van der Waals surface area contributed by atoms with E-state index < -0.39 is 88.8 Å². The van der Waals surface area contributed by atoms with Gasteiger partial charge in [-0.3, -0.25) is 9.69 Å². The molecule has 1 saturated heterocycles. The van der Waals surface area contributed by atoms with Crippen LogP contribution in [0.1, 0.15) is 48.3 Å². The molecule has 2 fully saturated rings. The van der Waals surface area contributed by atoms with Gasteiger partial charge in [-0.2, -0.15) is 4.31 Å². The lowest BCUT2D eigenvalue weighted by Crippen LogP contribution is -2.58. The van der Waals surface area contributed by atoms with E-state index in [1.807, 2.05) is 30.3 Å². The molecule has 4 aromatic carbocycles. The minimum absolute atomic E-state index is 0.0102. The van der Waals surface area contributed by atoms with Gasteiger partial charge < -0.3 is 25.2 Å². The van der Waals surface area contributed by atoms with Crippen LogP contribution in [0.3, 0.4) is 0 Å². The molecule has 0 spiro atoms.